The van der Waals surface area contributed by atoms with Crippen molar-refractivity contribution in [2.75, 3.05) is 0 Å². The van der Waals surface area contributed by atoms with E-state index in [4.69, 9.17) is 21.7 Å². The van der Waals surface area contributed by atoms with Gasteiger partial charge in [-0.25, -0.2) is 0 Å². The Balaban J connectivity index is 0.000000562. The van der Waals surface area contributed by atoms with E-state index in [1.165, 1.54) is 10.1 Å². The van der Waals surface area contributed by atoms with E-state index < -0.39 is 45.2 Å². The van der Waals surface area contributed by atoms with Crippen LogP contribution in [0.2, 0.25) is 0 Å². The van der Waals surface area contributed by atoms with Crippen molar-refractivity contribution in [3.63, 3.8) is 0 Å². The molecule has 2 fully saturated rings. The Labute approximate surface area is 197 Å². The molecule has 0 bridgehead atoms. The number of nitrogens with zero attached hydrogens (tertiary/aromatic N) is 2. The molecule has 0 aromatic carbocycles. The number of nitrogens with two attached hydrogens (primary N) is 2. The van der Waals surface area contributed by atoms with E-state index >= 15 is 0 Å². The zero-order valence-corrected chi connectivity index (χ0v) is 23.2. The second-order valence-corrected chi connectivity index (χ2v) is 11.5. The minimum atomic E-state index is -1.26. The summed E-state index contributed by atoms with van der Waals surface area (Å²) >= 11 is 0. The topological polar surface area (TPSA) is 174 Å². The smallest absolute Gasteiger partial charge is 0.323 e. The number of aliphatic carboxylic acids is 2. The summed E-state index contributed by atoms with van der Waals surface area (Å²) in [6.45, 7) is 14.3. The van der Waals surface area contributed by atoms with Crippen molar-refractivity contribution in [3.8, 4) is 0 Å². The first-order valence-corrected chi connectivity index (χ1v) is 10.1. The van der Waals surface area contributed by atoms with Crippen molar-refractivity contribution in [2.45, 2.75) is 114 Å². The molecule has 2 rings (SSSR count). The number of carbonyl (C=O) groups is 2. The number of hydrogen-bond donors (Lipinski definition) is 6. The van der Waals surface area contributed by atoms with Crippen molar-refractivity contribution >= 4 is 11.9 Å². The summed E-state index contributed by atoms with van der Waals surface area (Å²) < 4.78 is 0. The zero-order chi connectivity index (χ0) is 24.1. The number of piperidine rings is 2. The van der Waals surface area contributed by atoms with Gasteiger partial charge >= 0.3 is 11.9 Å². The van der Waals surface area contributed by atoms with Gasteiger partial charge in [0.25, 0.3) is 0 Å². The monoisotopic (exact) mass is 496 g/mol. The summed E-state index contributed by atoms with van der Waals surface area (Å²) in [5, 5.41) is 40.6. The Bertz CT molecular complexity index is 601. The van der Waals surface area contributed by atoms with Crippen LogP contribution in [0.15, 0.2) is 0 Å². The van der Waals surface area contributed by atoms with E-state index in [-0.39, 0.29) is 45.2 Å². The third-order valence-electron chi connectivity index (χ3n) is 6.14. The van der Waals surface area contributed by atoms with Crippen molar-refractivity contribution in [3.05, 3.63) is 0 Å². The minimum Gasteiger partial charge on any atom is -0.480 e. The quantitative estimate of drug-likeness (QED) is 0.307. The number of rotatable bonds is 2. The number of hydrogen-bond acceptors (Lipinski definition) is 8. The predicted molar refractivity (Wildman–Crippen MR) is 111 cm³/mol. The summed E-state index contributed by atoms with van der Waals surface area (Å²) in [6, 6.07) is 0. The number of carboxylic acid groups (broad SMARTS) is 2. The molecule has 0 amide bonds. The van der Waals surface area contributed by atoms with Gasteiger partial charge in [-0.05, 0) is 81.1 Å². The zero-order valence-electron chi connectivity index (χ0n) is 20.2. The van der Waals surface area contributed by atoms with E-state index in [2.05, 4.69) is 0 Å². The first kappa shape index (κ1) is 30.3. The Hall–Kier alpha value is -0.677. The molecule has 2 aliphatic rings. The van der Waals surface area contributed by atoms with Gasteiger partial charge in [0.2, 0.25) is 0 Å². The average molecular weight is 498 g/mol. The van der Waals surface area contributed by atoms with Gasteiger partial charge in [0.05, 0.1) is 0 Å². The Morgan fingerprint density at radius 1 is 0.613 bits per heavy atom. The van der Waals surface area contributed by atoms with Crippen LogP contribution >= 0.6 is 0 Å². The van der Waals surface area contributed by atoms with Gasteiger partial charge in [-0.3, -0.25) is 9.59 Å². The second kappa shape index (κ2) is 8.93. The molecule has 0 atom stereocenters. The molecule has 11 heteroatoms. The first-order valence-electron chi connectivity index (χ1n) is 10.1. The summed E-state index contributed by atoms with van der Waals surface area (Å²) in [4.78, 5) is 22.3. The van der Waals surface area contributed by atoms with E-state index in [1.54, 1.807) is 55.4 Å². The molecule has 10 nitrogen and oxygen atoms in total. The number of hydroxylamine groups is 4. The summed E-state index contributed by atoms with van der Waals surface area (Å²) in [5.41, 5.74) is 6.72. The minimum absolute atomic E-state index is 0. The first-order chi connectivity index (χ1) is 13.0. The average Bonchev–Trinajstić information content (AvgIpc) is 2.49. The van der Waals surface area contributed by atoms with E-state index in [0.717, 1.165) is 0 Å². The fourth-order valence-corrected chi connectivity index (χ4v) is 5.45. The molecule has 0 saturated carbocycles. The third kappa shape index (κ3) is 6.22. The standard InChI is InChI=1S/2C10H20N2O3.Zn/c2*1-8(2)5-10(11,7(13)14)6-9(3,4)12(8)15;/h2*15H,5-6,11H2,1-4H3,(H,13,14);. The molecule has 0 aliphatic carbocycles. The van der Waals surface area contributed by atoms with E-state index in [1.807, 2.05) is 0 Å². The van der Waals surface area contributed by atoms with E-state index in [0.29, 0.717) is 0 Å². The predicted octanol–water partition coefficient (Wildman–Crippen LogP) is 1.62. The maximum atomic E-state index is 11.1. The molecule has 0 unspecified atom stereocenters. The van der Waals surface area contributed by atoms with Crippen LogP contribution in [0.5, 0.6) is 0 Å². The van der Waals surface area contributed by atoms with Gasteiger partial charge in [-0.15, -0.1) is 0 Å². The second-order valence-electron chi connectivity index (χ2n) is 11.5. The Morgan fingerprint density at radius 2 is 0.774 bits per heavy atom. The van der Waals surface area contributed by atoms with Crippen LogP contribution in [0.3, 0.4) is 0 Å². The van der Waals surface area contributed by atoms with Crippen LogP contribution in [0.1, 0.15) is 81.1 Å². The maximum absolute atomic E-state index is 11.1. The van der Waals surface area contributed by atoms with Crippen molar-refractivity contribution in [2.24, 2.45) is 11.5 Å². The largest absolute Gasteiger partial charge is 0.480 e. The van der Waals surface area contributed by atoms with E-state index in [9.17, 15) is 20.0 Å². The summed E-state index contributed by atoms with van der Waals surface area (Å²) in [6.07, 6.45) is 0.926. The number of carboxylic acids is 2. The third-order valence-corrected chi connectivity index (χ3v) is 6.14. The van der Waals surface area contributed by atoms with Crippen LogP contribution in [0.4, 0.5) is 0 Å². The van der Waals surface area contributed by atoms with Gasteiger partial charge in [0, 0.05) is 41.6 Å². The van der Waals surface area contributed by atoms with Gasteiger partial charge in [0.15, 0.2) is 0 Å². The molecule has 2 saturated heterocycles. The van der Waals surface area contributed by atoms with Gasteiger partial charge < -0.3 is 32.1 Å². The molecule has 0 radical (unpaired) electrons. The van der Waals surface area contributed by atoms with Crippen LogP contribution in [-0.4, -0.2) is 75.9 Å². The van der Waals surface area contributed by atoms with Crippen molar-refractivity contribution < 1.29 is 49.7 Å². The Kier molecular flexibility index (Phi) is 8.74. The molecule has 178 valence electrons. The van der Waals surface area contributed by atoms with Gasteiger partial charge in [0.1, 0.15) is 11.1 Å². The van der Waals surface area contributed by atoms with Crippen LogP contribution in [0, 0.1) is 0 Å². The summed E-state index contributed by atoms with van der Waals surface area (Å²) in [5.74, 6) is -2.01. The fraction of sp³-hybridized carbons (Fsp3) is 0.900. The van der Waals surface area contributed by atoms with Crippen LogP contribution in [0.25, 0.3) is 0 Å². The molecule has 2 heterocycles. The molecule has 2 aliphatic heterocycles. The van der Waals surface area contributed by atoms with Gasteiger partial charge in [-0.1, -0.05) is 0 Å². The molecule has 31 heavy (non-hydrogen) atoms. The van der Waals surface area contributed by atoms with Gasteiger partial charge in [-0.2, -0.15) is 10.1 Å². The van der Waals surface area contributed by atoms with Crippen LogP contribution in [-0.2, 0) is 29.1 Å². The molecule has 0 spiro atoms. The van der Waals surface area contributed by atoms with Crippen LogP contribution < -0.4 is 11.5 Å². The molecule has 8 N–H and O–H groups in total. The fourth-order valence-electron chi connectivity index (χ4n) is 5.45. The molecular weight excluding hydrogens is 458 g/mol. The normalized spacial score (nSPS) is 27.7. The SMILES string of the molecule is CC1(C)CC(N)(C(=O)O)CC(C)(C)N1O.CC1(C)CC(N)(C(=O)O)CC(C)(C)N1O.[Zn]. The molecular formula is C20H40N4O6Zn. The van der Waals surface area contributed by atoms with Crippen molar-refractivity contribution in [1.82, 2.24) is 10.1 Å². The summed E-state index contributed by atoms with van der Waals surface area (Å²) in [7, 11) is 0. The Morgan fingerprint density at radius 3 is 0.903 bits per heavy atom. The van der Waals surface area contributed by atoms with Crippen molar-refractivity contribution in [1.29, 1.82) is 0 Å². The maximum Gasteiger partial charge on any atom is 0.323 e. The molecule has 0 aromatic heterocycles. The molecule has 0 aromatic rings.